The molecule has 0 unspecified atom stereocenters. The van der Waals surface area contributed by atoms with Gasteiger partial charge in [-0.1, -0.05) is 24.3 Å². The van der Waals surface area contributed by atoms with Gasteiger partial charge in [0.15, 0.2) is 23.0 Å². The van der Waals surface area contributed by atoms with Crippen molar-refractivity contribution in [3.63, 3.8) is 0 Å². The lowest BCUT2D eigenvalue weighted by Crippen LogP contribution is -1.89. The van der Waals surface area contributed by atoms with Gasteiger partial charge in [-0.05, 0) is 46.5 Å². The van der Waals surface area contributed by atoms with Crippen molar-refractivity contribution < 1.29 is 20.4 Å². The quantitative estimate of drug-likeness (QED) is 0.317. The summed E-state index contributed by atoms with van der Waals surface area (Å²) >= 11 is 0. The molecule has 0 radical (unpaired) electrons. The van der Waals surface area contributed by atoms with Crippen molar-refractivity contribution >= 4 is 11.4 Å². The van der Waals surface area contributed by atoms with Crippen LogP contribution >= 0.6 is 0 Å². The van der Waals surface area contributed by atoms with Crippen LogP contribution in [0, 0.1) is 0 Å². The van der Waals surface area contributed by atoms with Gasteiger partial charge in [0.2, 0.25) is 0 Å². The first-order chi connectivity index (χ1) is 11.4. The van der Waals surface area contributed by atoms with Crippen LogP contribution in [0.1, 0.15) is 0 Å². The van der Waals surface area contributed by atoms with Crippen LogP contribution in [0.15, 0.2) is 48.5 Å². The minimum absolute atomic E-state index is 0.0882. The molecule has 3 rings (SSSR count). The molecule has 6 nitrogen and oxygen atoms in total. The van der Waals surface area contributed by atoms with Crippen LogP contribution in [0.25, 0.3) is 22.3 Å². The van der Waals surface area contributed by atoms with E-state index in [2.05, 4.69) is 0 Å². The molecule has 3 aromatic rings. The number of phenols is 4. The summed E-state index contributed by atoms with van der Waals surface area (Å²) in [6.07, 6.45) is 0. The molecule has 0 saturated heterocycles. The van der Waals surface area contributed by atoms with Gasteiger partial charge in [0.05, 0.1) is 11.4 Å². The Kier molecular flexibility index (Phi) is 3.57. The van der Waals surface area contributed by atoms with E-state index in [1.165, 1.54) is 12.1 Å². The smallest absolute Gasteiger partial charge is 0.181 e. The Balaban J connectivity index is 2.00. The number of nitrogen functional groups attached to an aromatic ring is 2. The van der Waals surface area contributed by atoms with E-state index in [1.54, 1.807) is 36.4 Å². The molecule has 0 heterocycles. The largest absolute Gasteiger partial charge is 0.504 e. The van der Waals surface area contributed by atoms with Crippen LogP contribution in [0.2, 0.25) is 0 Å². The van der Waals surface area contributed by atoms with Crippen LogP contribution in [-0.4, -0.2) is 20.4 Å². The molecule has 0 fully saturated rings. The fraction of sp³-hybridized carbons (Fsp3) is 0. The topological polar surface area (TPSA) is 133 Å². The average molecular weight is 324 g/mol. The molecule has 0 amide bonds. The third-order valence-electron chi connectivity index (χ3n) is 3.79. The maximum Gasteiger partial charge on any atom is 0.181 e. The molecule has 0 aromatic heterocycles. The van der Waals surface area contributed by atoms with Crippen LogP contribution in [0.5, 0.6) is 23.0 Å². The van der Waals surface area contributed by atoms with Gasteiger partial charge in [-0.2, -0.15) is 0 Å². The molecule has 0 bridgehead atoms. The second kappa shape index (κ2) is 5.58. The van der Waals surface area contributed by atoms with Crippen molar-refractivity contribution in [1.82, 2.24) is 0 Å². The Morgan fingerprint density at radius 3 is 1.12 bits per heavy atom. The fourth-order valence-corrected chi connectivity index (χ4v) is 2.47. The molecule has 0 atom stereocenters. The summed E-state index contributed by atoms with van der Waals surface area (Å²) in [6, 6.07) is 13.2. The standard InChI is InChI=1S/C18H16N2O4/c19-13-5-11(7-15(21)17(13)23)9-1-2-10(4-3-9)12-6-14(20)18(24)16(22)8-12/h1-8,21-24H,19-20H2. The summed E-state index contributed by atoms with van der Waals surface area (Å²) in [5.41, 5.74) is 14.4. The predicted molar refractivity (Wildman–Crippen MR) is 92.8 cm³/mol. The number of phenolic OH excluding ortho intramolecular Hbond substituents is 4. The lowest BCUT2D eigenvalue weighted by atomic mass is 9.99. The highest BCUT2D eigenvalue weighted by atomic mass is 16.3. The highest BCUT2D eigenvalue weighted by Gasteiger charge is 2.10. The van der Waals surface area contributed by atoms with Crippen LogP contribution in [-0.2, 0) is 0 Å². The monoisotopic (exact) mass is 324 g/mol. The first-order valence-electron chi connectivity index (χ1n) is 7.10. The molecule has 24 heavy (non-hydrogen) atoms. The molecular weight excluding hydrogens is 308 g/mol. The second-order valence-corrected chi connectivity index (χ2v) is 5.44. The normalized spacial score (nSPS) is 10.7. The van der Waals surface area contributed by atoms with E-state index in [0.29, 0.717) is 11.1 Å². The molecule has 122 valence electrons. The Hall–Kier alpha value is -3.54. The number of hydrogen-bond acceptors (Lipinski definition) is 6. The molecule has 8 N–H and O–H groups in total. The van der Waals surface area contributed by atoms with E-state index in [4.69, 9.17) is 11.5 Å². The van der Waals surface area contributed by atoms with Crippen LogP contribution < -0.4 is 11.5 Å². The number of benzene rings is 3. The lowest BCUT2D eigenvalue weighted by Gasteiger charge is -2.09. The van der Waals surface area contributed by atoms with Crippen molar-refractivity contribution in [3.8, 4) is 45.3 Å². The number of aromatic hydroxyl groups is 4. The van der Waals surface area contributed by atoms with Gasteiger partial charge in [0, 0.05) is 0 Å². The van der Waals surface area contributed by atoms with Gasteiger partial charge in [-0.3, -0.25) is 0 Å². The number of anilines is 2. The van der Waals surface area contributed by atoms with E-state index < -0.39 is 0 Å². The molecule has 0 aliphatic carbocycles. The average Bonchev–Trinajstić information content (AvgIpc) is 2.57. The minimum atomic E-state index is -0.342. The van der Waals surface area contributed by atoms with E-state index in [0.717, 1.165) is 11.1 Å². The molecular formula is C18H16N2O4. The first kappa shape index (κ1) is 15.4. The molecule has 0 aliphatic heterocycles. The van der Waals surface area contributed by atoms with Crippen molar-refractivity contribution in [1.29, 1.82) is 0 Å². The third kappa shape index (κ3) is 2.61. The van der Waals surface area contributed by atoms with Crippen molar-refractivity contribution in [3.05, 3.63) is 48.5 Å². The van der Waals surface area contributed by atoms with Crippen molar-refractivity contribution in [2.24, 2.45) is 0 Å². The molecule has 6 heteroatoms. The molecule has 0 spiro atoms. The second-order valence-electron chi connectivity index (χ2n) is 5.44. The maximum atomic E-state index is 9.67. The van der Waals surface area contributed by atoms with Crippen LogP contribution in [0.3, 0.4) is 0 Å². The van der Waals surface area contributed by atoms with E-state index in [1.807, 2.05) is 0 Å². The fourth-order valence-electron chi connectivity index (χ4n) is 2.47. The van der Waals surface area contributed by atoms with Gasteiger partial charge in [-0.25, -0.2) is 0 Å². The summed E-state index contributed by atoms with van der Waals surface area (Å²) in [5.74, 6) is -1.26. The van der Waals surface area contributed by atoms with Gasteiger partial charge in [0.1, 0.15) is 0 Å². The number of nitrogens with two attached hydrogens (primary N) is 2. The van der Waals surface area contributed by atoms with Gasteiger partial charge in [-0.15, -0.1) is 0 Å². The maximum absolute atomic E-state index is 9.67. The highest BCUT2D eigenvalue weighted by Crippen LogP contribution is 2.38. The summed E-state index contributed by atoms with van der Waals surface area (Å²) in [5, 5.41) is 38.4. The van der Waals surface area contributed by atoms with Crippen LogP contribution in [0.4, 0.5) is 11.4 Å². The highest BCUT2D eigenvalue weighted by molar-refractivity contribution is 5.78. The summed E-state index contributed by atoms with van der Waals surface area (Å²) in [4.78, 5) is 0. The molecule has 0 aliphatic rings. The Morgan fingerprint density at radius 2 is 0.833 bits per heavy atom. The molecule has 3 aromatic carbocycles. The Morgan fingerprint density at radius 1 is 0.500 bits per heavy atom. The third-order valence-corrected chi connectivity index (χ3v) is 3.79. The zero-order chi connectivity index (χ0) is 17.4. The lowest BCUT2D eigenvalue weighted by molar-refractivity contribution is 0.406. The van der Waals surface area contributed by atoms with Gasteiger partial charge in [0.25, 0.3) is 0 Å². The summed E-state index contributed by atoms with van der Waals surface area (Å²) in [6.45, 7) is 0. The van der Waals surface area contributed by atoms with Gasteiger partial charge < -0.3 is 31.9 Å². The number of hydrogen-bond donors (Lipinski definition) is 6. The Labute approximate surface area is 137 Å². The van der Waals surface area contributed by atoms with Gasteiger partial charge >= 0.3 is 0 Å². The first-order valence-corrected chi connectivity index (χ1v) is 7.10. The minimum Gasteiger partial charge on any atom is -0.504 e. The zero-order valence-corrected chi connectivity index (χ0v) is 12.6. The Bertz CT molecular complexity index is 798. The summed E-state index contributed by atoms with van der Waals surface area (Å²) < 4.78 is 0. The van der Waals surface area contributed by atoms with E-state index in [9.17, 15) is 20.4 Å². The van der Waals surface area contributed by atoms with E-state index in [-0.39, 0.29) is 34.4 Å². The van der Waals surface area contributed by atoms with Crippen molar-refractivity contribution in [2.45, 2.75) is 0 Å². The van der Waals surface area contributed by atoms with Crippen molar-refractivity contribution in [2.75, 3.05) is 11.5 Å². The molecule has 0 saturated carbocycles. The predicted octanol–water partition coefficient (Wildman–Crippen LogP) is 3.01. The number of rotatable bonds is 2. The summed E-state index contributed by atoms with van der Waals surface area (Å²) in [7, 11) is 0. The van der Waals surface area contributed by atoms with E-state index >= 15 is 0 Å². The zero-order valence-electron chi connectivity index (χ0n) is 12.6. The SMILES string of the molecule is Nc1cc(-c2ccc(-c3cc(N)c(O)c(O)c3)cc2)cc(O)c1O.